The molecule has 2 aliphatic rings. The maximum Gasteiger partial charge on any atom is 0.240 e. The van der Waals surface area contributed by atoms with Crippen molar-refractivity contribution >= 4 is 21.6 Å². The van der Waals surface area contributed by atoms with Gasteiger partial charge in [-0.25, -0.2) is 13.1 Å². The average Bonchev–Trinajstić information content (AvgIpc) is 2.88. The van der Waals surface area contributed by atoms with Crippen molar-refractivity contribution < 1.29 is 17.9 Å². The fourth-order valence-electron chi connectivity index (χ4n) is 4.76. The molecular weight excluding hydrogens is 438 g/mol. The molecule has 178 valence electrons. The predicted molar refractivity (Wildman–Crippen MR) is 129 cm³/mol. The fourth-order valence-corrected chi connectivity index (χ4v) is 5.90. The Morgan fingerprint density at radius 3 is 2.18 bits per heavy atom. The van der Waals surface area contributed by atoms with Crippen LogP contribution in [0.4, 0.5) is 5.69 Å². The molecule has 8 heteroatoms. The number of methoxy groups -OCH3 is 1. The van der Waals surface area contributed by atoms with Crippen LogP contribution in [0.3, 0.4) is 0 Å². The van der Waals surface area contributed by atoms with E-state index in [0.29, 0.717) is 11.4 Å². The standard InChI is InChI=1S/C25H33N3O4S/c1-32-23-13-11-22(12-14-23)27-15-17-28(18-16-27)25(29)21-9-7-20(8-10-21)19-26-33(30,31)24-5-3-2-4-6-24/h2-6,11-14,20-21,26H,7-10,15-19H2,1H3. The average molecular weight is 472 g/mol. The molecule has 0 unspecified atom stereocenters. The molecule has 1 N–H and O–H groups in total. The maximum atomic E-state index is 13.1. The summed E-state index contributed by atoms with van der Waals surface area (Å²) < 4.78 is 32.8. The minimum Gasteiger partial charge on any atom is -0.497 e. The highest BCUT2D eigenvalue weighted by Gasteiger charge is 2.31. The second-order valence-electron chi connectivity index (χ2n) is 8.89. The highest BCUT2D eigenvalue weighted by molar-refractivity contribution is 7.89. The number of hydrogen-bond donors (Lipinski definition) is 1. The van der Waals surface area contributed by atoms with E-state index in [1.807, 2.05) is 17.0 Å². The lowest BCUT2D eigenvalue weighted by Gasteiger charge is -2.39. The van der Waals surface area contributed by atoms with Crippen molar-refractivity contribution in [2.24, 2.45) is 11.8 Å². The molecule has 0 atom stereocenters. The van der Waals surface area contributed by atoms with Crippen molar-refractivity contribution in [2.75, 3.05) is 44.7 Å². The maximum absolute atomic E-state index is 13.1. The van der Waals surface area contributed by atoms with Crippen LogP contribution in [0.2, 0.25) is 0 Å². The molecule has 1 heterocycles. The van der Waals surface area contributed by atoms with Crippen LogP contribution in [0, 0.1) is 11.8 Å². The first kappa shape index (κ1) is 23.6. The number of hydrogen-bond acceptors (Lipinski definition) is 5. The molecule has 2 fully saturated rings. The van der Waals surface area contributed by atoms with Crippen molar-refractivity contribution in [3.8, 4) is 5.75 Å². The Bertz CT molecular complexity index is 1010. The van der Waals surface area contributed by atoms with Crippen molar-refractivity contribution in [2.45, 2.75) is 30.6 Å². The van der Waals surface area contributed by atoms with Gasteiger partial charge in [-0.15, -0.1) is 0 Å². The van der Waals surface area contributed by atoms with E-state index in [4.69, 9.17) is 4.74 Å². The number of ether oxygens (including phenoxy) is 1. The molecule has 2 aromatic rings. The summed E-state index contributed by atoms with van der Waals surface area (Å²) in [7, 11) is -1.81. The van der Waals surface area contributed by atoms with Crippen LogP contribution in [0.25, 0.3) is 0 Å². The SMILES string of the molecule is COc1ccc(N2CCN(C(=O)C3CCC(CNS(=O)(=O)c4ccccc4)CC3)CC2)cc1. The van der Waals surface area contributed by atoms with Crippen molar-refractivity contribution in [3.05, 3.63) is 54.6 Å². The number of amides is 1. The highest BCUT2D eigenvalue weighted by Crippen LogP contribution is 2.30. The second-order valence-corrected chi connectivity index (χ2v) is 10.7. The highest BCUT2D eigenvalue weighted by atomic mass is 32.2. The first-order chi connectivity index (χ1) is 16.0. The van der Waals surface area contributed by atoms with E-state index in [1.165, 1.54) is 0 Å². The van der Waals surface area contributed by atoms with Gasteiger partial charge in [0.15, 0.2) is 0 Å². The van der Waals surface area contributed by atoms with Gasteiger partial charge in [0, 0.05) is 44.3 Å². The van der Waals surface area contributed by atoms with Crippen LogP contribution in [-0.2, 0) is 14.8 Å². The molecule has 2 aromatic carbocycles. The van der Waals surface area contributed by atoms with Crippen LogP contribution < -0.4 is 14.4 Å². The van der Waals surface area contributed by atoms with Crippen molar-refractivity contribution in [3.63, 3.8) is 0 Å². The van der Waals surface area contributed by atoms with Crippen LogP contribution >= 0.6 is 0 Å². The number of piperazine rings is 1. The molecule has 0 aromatic heterocycles. The number of sulfonamides is 1. The number of anilines is 1. The number of carbonyl (C=O) groups is 1. The summed E-state index contributed by atoms with van der Waals surface area (Å²) in [5.41, 5.74) is 1.15. The Hall–Kier alpha value is -2.58. The Morgan fingerprint density at radius 1 is 0.939 bits per heavy atom. The Morgan fingerprint density at radius 2 is 1.58 bits per heavy atom. The molecule has 0 spiro atoms. The summed E-state index contributed by atoms with van der Waals surface area (Å²) in [6.45, 7) is 3.56. The largest absolute Gasteiger partial charge is 0.497 e. The number of benzene rings is 2. The summed E-state index contributed by atoms with van der Waals surface area (Å²) in [5.74, 6) is 1.43. The summed E-state index contributed by atoms with van der Waals surface area (Å²) in [4.78, 5) is 17.7. The van der Waals surface area contributed by atoms with E-state index in [9.17, 15) is 13.2 Å². The Balaban J connectivity index is 1.21. The third-order valence-corrected chi connectivity index (χ3v) is 8.28. The lowest BCUT2D eigenvalue weighted by atomic mass is 9.81. The normalized spacial score (nSPS) is 21.6. The van der Waals surface area contributed by atoms with Gasteiger partial charge in [-0.3, -0.25) is 4.79 Å². The monoisotopic (exact) mass is 471 g/mol. The summed E-state index contributed by atoms with van der Waals surface area (Å²) in [5, 5.41) is 0. The minimum atomic E-state index is -3.48. The van der Waals surface area contributed by atoms with E-state index in [1.54, 1.807) is 37.4 Å². The van der Waals surface area contributed by atoms with E-state index < -0.39 is 10.0 Å². The molecule has 33 heavy (non-hydrogen) atoms. The van der Waals surface area contributed by atoms with E-state index in [0.717, 1.165) is 63.3 Å². The third-order valence-electron chi connectivity index (χ3n) is 6.84. The zero-order chi connectivity index (χ0) is 23.3. The molecule has 1 saturated heterocycles. The molecule has 0 bridgehead atoms. The molecule has 0 radical (unpaired) electrons. The van der Waals surface area contributed by atoms with Gasteiger partial charge in [0.2, 0.25) is 15.9 Å². The van der Waals surface area contributed by atoms with Crippen molar-refractivity contribution in [1.82, 2.24) is 9.62 Å². The zero-order valence-electron chi connectivity index (χ0n) is 19.2. The van der Waals surface area contributed by atoms with Crippen LogP contribution in [0.5, 0.6) is 5.75 Å². The number of carbonyl (C=O) groups excluding carboxylic acids is 1. The van der Waals surface area contributed by atoms with Gasteiger partial charge in [-0.1, -0.05) is 18.2 Å². The van der Waals surface area contributed by atoms with E-state index in [2.05, 4.69) is 21.8 Å². The van der Waals surface area contributed by atoms with E-state index >= 15 is 0 Å². The molecule has 1 amide bonds. The van der Waals surface area contributed by atoms with Gasteiger partial charge >= 0.3 is 0 Å². The fraction of sp³-hybridized carbons (Fsp3) is 0.480. The number of nitrogens with zero attached hydrogens (tertiary/aromatic N) is 2. The quantitative estimate of drug-likeness (QED) is 0.671. The Labute approximate surface area is 196 Å². The van der Waals surface area contributed by atoms with Crippen LogP contribution in [-0.4, -0.2) is 59.1 Å². The topological polar surface area (TPSA) is 79.0 Å². The minimum absolute atomic E-state index is 0.0551. The van der Waals surface area contributed by atoms with Crippen LogP contribution in [0.15, 0.2) is 59.5 Å². The molecule has 1 aliphatic heterocycles. The van der Waals surface area contributed by atoms with E-state index in [-0.39, 0.29) is 17.7 Å². The van der Waals surface area contributed by atoms with Crippen LogP contribution in [0.1, 0.15) is 25.7 Å². The Kier molecular flexibility index (Phi) is 7.55. The number of nitrogens with one attached hydrogen (secondary N) is 1. The van der Waals surface area contributed by atoms with Gasteiger partial charge in [0.05, 0.1) is 12.0 Å². The second kappa shape index (κ2) is 10.6. The third kappa shape index (κ3) is 5.86. The number of rotatable bonds is 7. The summed E-state index contributed by atoms with van der Waals surface area (Å²) in [6, 6.07) is 16.5. The molecule has 1 saturated carbocycles. The smallest absolute Gasteiger partial charge is 0.240 e. The first-order valence-electron chi connectivity index (χ1n) is 11.7. The van der Waals surface area contributed by atoms with Gasteiger partial charge < -0.3 is 14.5 Å². The molecule has 1 aliphatic carbocycles. The first-order valence-corrected chi connectivity index (χ1v) is 13.2. The molecule has 4 rings (SSSR count). The van der Waals surface area contributed by atoms with Gasteiger partial charge in [-0.05, 0) is 68.0 Å². The summed E-state index contributed by atoms with van der Waals surface area (Å²) >= 11 is 0. The summed E-state index contributed by atoms with van der Waals surface area (Å²) in [6.07, 6.45) is 3.41. The predicted octanol–water partition coefficient (Wildman–Crippen LogP) is 3.13. The lowest BCUT2D eigenvalue weighted by molar-refractivity contribution is -0.137. The lowest BCUT2D eigenvalue weighted by Crippen LogP contribution is -2.50. The zero-order valence-corrected chi connectivity index (χ0v) is 20.0. The molecule has 7 nitrogen and oxygen atoms in total. The van der Waals surface area contributed by atoms with Gasteiger partial charge in [0.1, 0.15) is 5.75 Å². The molecular formula is C25H33N3O4S. The van der Waals surface area contributed by atoms with Crippen molar-refractivity contribution in [1.29, 1.82) is 0 Å². The van der Waals surface area contributed by atoms with Gasteiger partial charge in [-0.2, -0.15) is 0 Å². The van der Waals surface area contributed by atoms with Gasteiger partial charge in [0.25, 0.3) is 0 Å².